The van der Waals surface area contributed by atoms with Crippen LogP contribution in [0, 0.1) is 0 Å². The van der Waals surface area contributed by atoms with E-state index in [4.69, 9.17) is 0 Å². The molecule has 3 aromatic rings. The van der Waals surface area contributed by atoms with Crippen molar-refractivity contribution >= 4 is 17.6 Å². The summed E-state index contributed by atoms with van der Waals surface area (Å²) in [6, 6.07) is 22.2. The first-order valence-electron chi connectivity index (χ1n) is 13.0. The van der Waals surface area contributed by atoms with Crippen LogP contribution in [0.2, 0.25) is 0 Å². The molecule has 3 atom stereocenters. The Bertz CT molecular complexity index is 1190. The summed E-state index contributed by atoms with van der Waals surface area (Å²) in [6.07, 6.45) is 1.37. The normalized spacial score (nSPS) is 16.4. The Kier molecular flexibility index (Phi) is 8.99. The van der Waals surface area contributed by atoms with Gasteiger partial charge in [0.1, 0.15) is 11.8 Å². The number of nitrogens with zero attached hydrogens (tertiary/aromatic N) is 1. The lowest BCUT2D eigenvalue weighted by Crippen LogP contribution is -2.47. The van der Waals surface area contributed by atoms with Crippen LogP contribution in [-0.2, 0) is 11.2 Å². The zero-order valence-electron chi connectivity index (χ0n) is 21.5. The summed E-state index contributed by atoms with van der Waals surface area (Å²) in [5.74, 6) is -1.31. The zero-order valence-corrected chi connectivity index (χ0v) is 21.5. The van der Waals surface area contributed by atoms with Crippen LogP contribution in [0.4, 0.5) is 5.69 Å². The summed E-state index contributed by atoms with van der Waals surface area (Å²) < 4.78 is 0. The van der Waals surface area contributed by atoms with Crippen molar-refractivity contribution in [3.63, 3.8) is 0 Å². The van der Waals surface area contributed by atoms with Crippen molar-refractivity contribution < 1.29 is 24.9 Å². The number of aliphatic carboxylic acids is 1. The third-order valence-electron chi connectivity index (χ3n) is 7.08. The Morgan fingerprint density at radius 1 is 0.947 bits per heavy atom. The molecule has 4 rings (SSSR count). The zero-order chi connectivity index (χ0) is 27.1. The van der Waals surface area contributed by atoms with Crippen molar-refractivity contribution in [3.05, 3.63) is 95.6 Å². The maximum absolute atomic E-state index is 12.7. The van der Waals surface area contributed by atoms with Gasteiger partial charge in [0.2, 0.25) is 0 Å². The number of amides is 1. The highest BCUT2D eigenvalue weighted by molar-refractivity contribution is 5.97. The highest BCUT2D eigenvalue weighted by Crippen LogP contribution is 2.24. The average Bonchev–Trinajstić information content (AvgIpc) is 2.93. The lowest BCUT2D eigenvalue weighted by Gasteiger charge is -2.36. The van der Waals surface area contributed by atoms with E-state index in [1.165, 1.54) is 0 Å². The van der Waals surface area contributed by atoms with Crippen LogP contribution >= 0.6 is 0 Å². The summed E-state index contributed by atoms with van der Waals surface area (Å²) in [5, 5.41) is 35.8. The summed E-state index contributed by atoms with van der Waals surface area (Å²) in [4.78, 5) is 26.7. The van der Waals surface area contributed by atoms with E-state index in [0.717, 1.165) is 42.7 Å². The minimum atomic E-state index is -1.07. The fraction of sp³-hybridized carbons (Fsp3) is 0.333. The fourth-order valence-electron chi connectivity index (χ4n) is 4.84. The number of aromatic hydroxyl groups is 1. The summed E-state index contributed by atoms with van der Waals surface area (Å²) >= 11 is 0. The molecular weight excluding hydrogens is 482 g/mol. The predicted molar refractivity (Wildman–Crippen MR) is 146 cm³/mol. The molecule has 3 unspecified atom stereocenters. The van der Waals surface area contributed by atoms with Crippen molar-refractivity contribution in [1.82, 2.24) is 10.6 Å². The molecule has 0 aromatic heterocycles. The third-order valence-corrected chi connectivity index (χ3v) is 7.08. The van der Waals surface area contributed by atoms with Gasteiger partial charge in [0.25, 0.3) is 5.91 Å². The maximum Gasteiger partial charge on any atom is 0.326 e. The number of aliphatic hydroxyl groups is 1. The number of hydrogen-bond donors (Lipinski definition) is 5. The Labute approximate surface area is 222 Å². The molecule has 200 valence electrons. The minimum Gasteiger partial charge on any atom is -0.508 e. The molecule has 1 fully saturated rings. The molecule has 1 saturated heterocycles. The van der Waals surface area contributed by atoms with Gasteiger partial charge in [0.05, 0.1) is 6.10 Å². The van der Waals surface area contributed by atoms with E-state index in [2.05, 4.69) is 15.5 Å². The molecule has 0 spiro atoms. The Hall–Kier alpha value is -3.88. The van der Waals surface area contributed by atoms with E-state index < -0.39 is 24.0 Å². The standard InChI is InChI=1S/C30H35N3O5/c1-20(28(35)22-9-13-26(34)14-10-22)31-24-15-17-33(18-16-24)25-11-7-23(8-12-25)29(36)32-27(30(37)38)19-21-5-3-2-4-6-21/h2-14,20,24,27-28,31,34-35H,15-19H2,1H3,(H,32,36)(H,37,38). The van der Waals surface area contributed by atoms with E-state index in [1.54, 1.807) is 36.4 Å². The minimum absolute atomic E-state index is 0.134. The molecule has 0 radical (unpaired) electrons. The highest BCUT2D eigenvalue weighted by Gasteiger charge is 2.25. The molecule has 0 saturated carbocycles. The van der Waals surface area contributed by atoms with Gasteiger partial charge in [-0.2, -0.15) is 0 Å². The second-order valence-corrected chi connectivity index (χ2v) is 9.85. The van der Waals surface area contributed by atoms with E-state index in [-0.39, 0.29) is 24.3 Å². The molecule has 1 aliphatic heterocycles. The Morgan fingerprint density at radius 3 is 2.18 bits per heavy atom. The molecule has 8 nitrogen and oxygen atoms in total. The van der Waals surface area contributed by atoms with Gasteiger partial charge >= 0.3 is 5.97 Å². The molecule has 5 N–H and O–H groups in total. The lowest BCUT2D eigenvalue weighted by atomic mass is 9.99. The first kappa shape index (κ1) is 27.2. The van der Waals surface area contributed by atoms with Gasteiger partial charge in [-0.05, 0) is 67.3 Å². The maximum atomic E-state index is 12.7. The fourth-order valence-corrected chi connectivity index (χ4v) is 4.84. The largest absolute Gasteiger partial charge is 0.508 e. The molecule has 1 aliphatic rings. The van der Waals surface area contributed by atoms with Gasteiger partial charge < -0.3 is 30.9 Å². The molecule has 0 aliphatic carbocycles. The van der Waals surface area contributed by atoms with Crippen molar-refractivity contribution in [2.24, 2.45) is 0 Å². The molecule has 38 heavy (non-hydrogen) atoms. The van der Waals surface area contributed by atoms with Gasteiger partial charge in [0, 0.05) is 42.8 Å². The molecule has 3 aromatic carbocycles. The van der Waals surface area contributed by atoms with Crippen LogP contribution in [0.15, 0.2) is 78.9 Å². The van der Waals surface area contributed by atoms with Gasteiger partial charge in [0.15, 0.2) is 0 Å². The van der Waals surface area contributed by atoms with E-state index >= 15 is 0 Å². The highest BCUT2D eigenvalue weighted by atomic mass is 16.4. The number of rotatable bonds is 10. The molecule has 8 heteroatoms. The van der Waals surface area contributed by atoms with Gasteiger partial charge in [-0.15, -0.1) is 0 Å². The smallest absolute Gasteiger partial charge is 0.326 e. The second kappa shape index (κ2) is 12.6. The monoisotopic (exact) mass is 517 g/mol. The van der Waals surface area contributed by atoms with Crippen LogP contribution in [0.25, 0.3) is 0 Å². The quantitative estimate of drug-likeness (QED) is 0.279. The predicted octanol–water partition coefficient (Wildman–Crippen LogP) is 3.50. The number of carbonyl (C=O) groups is 2. The van der Waals surface area contributed by atoms with E-state index in [0.29, 0.717) is 5.56 Å². The molecule has 1 heterocycles. The Morgan fingerprint density at radius 2 is 1.58 bits per heavy atom. The number of phenolic OH excluding ortho intramolecular Hbond substituents is 1. The van der Waals surface area contributed by atoms with Crippen LogP contribution in [0.3, 0.4) is 0 Å². The van der Waals surface area contributed by atoms with Crippen molar-refractivity contribution in [3.8, 4) is 5.75 Å². The van der Waals surface area contributed by atoms with E-state index in [1.807, 2.05) is 49.4 Å². The second-order valence-electron chi connectivity index (χ2n) is 9.85. The number of benzene rings is 3. The first-order valence-corrected chi connectivity index (χ1v) is 13.0. The molecular formula is C30H35N3O5. The number of nitrogens with one attached hydrogen (secondary N) is 2. The van der Waals surface area contributed by atoms with Crippen LogP contribution < -0.4 is 15.5 Å². The van der Waals surface area contributed by atoms with Crippen LogP contribution in [-0.4, -0.2) is 58.4 Å². The third kappa shape index (κ3) is 7.12. The van der Waals surface area contributed by atoms with Crippen LogP contribution in [0.1, 0.15) is 47.4 Å². The first-order chi connectivity index (χ1) is 18.3. The molecule has 1 amide bonds. The number of carbonyl (C=O) groups excluding carboxylic acids is 1. The lowest BCUT2D eigenvalue weighted by molar-refractivity contribution is -0.139. The SMILES string of the molecule is CC(NC1CCN(c2ccc(C(=O)NC(Cc3ccccc3)C(=O)O)cc2)CC1)C(O)c1ccc(O)cc1. The van der Waals surface area contributed by atoms with Crippen molar-refractivity contribution in [2.45, 2.75) is 50.4 Å². The van der Waals surface area contributed by atoms with Crippen molar-refractivity contribution in [1.29, 1.82) is 0 Å². The number of aliphatic hydroxyl groups excluding tert-OH is 1. The van der Waals surface area contributed by atoms with Gasteiger partial charge in [-0.1, -0.05) is 42.5 Å². The number of carboxylic acid groups (broad SMARTS) is 1. The van der Waals surface area contributed by atoms with Crippen LogP contribution in [0.5, 0.6) is 5.75 Å². The summed E-state index contributed by atoms with van der Waals surface area (Å²) in [5.41, 5.74) is 3.04. The average molecular weight is 518 g/mol. The topological polar surface area (TPSA) is 122 Å². The number of anilines is 1. The van der Waals surface area contributed by atoms with Gasteiger partial charge in [-0.3, -0.25) is 4.79 Å². The molecule has 0 bridgehead atoms. The number of hydrogen-bond acceptors (Lipinski definition) is 6. The van der Waals surface area contributed by atoms with Crippen molar-refractivity contribution in [2.75, 3.05) is 18.0 Å². The number of phenols is 1. The number of piperidine rings is 1. The summed E-state index contributed by atoms with van der Waals surface area (Å²) in [7, 11) is 0. The summed E-state index contributed by atoms with van der Waals surface area (Å²) in [6.45, 7) is 3.63. The Balaban J connectivity index is 1.27. The number of carboxylic acids is 1. The van der Waals surface area contributed by atoms with Gasteiger partial charge in [-0.25, -0.2) is 4.79 Å². The van der Waals surface area contributed by atoms with E-state index in [9.17, 15) is 24.9 Å².